The number of nitrogens with one attached hydrogen (secondary N) is 1. The monoisotopic (exact) mass is 485 g/mol. The van der Waals surface area contributed by atoms with Crippen molar-refractivity contribution in [3.05, 3.63) is 54.4 Å². The van der Waals surface area contributed by atoms with Crippen LogP contribution in [0.15, 0.2) is 42.9 Å². The van der Waals surface area contributed by atoms with Crippen molar-refractivity contribution < 1.29 is 0 Å². The summed E-state index contributed by atoms with van der Waals surface area (Å²) in [7, 11) is 0. The average Bonchev–Trinajstić information content (AvgIpc) is 3.20. The fourth-order valence-electron chi connectivity index (χ4n) is 3.34. The van der Waals surface area contributed by atoms with Crippen LogP contribution >= 0.6 is 22.9 Å². The van der Waals surface area contributed by atoms with Gasteiger partial charge in [-0.2, -0.15) is 5.10 Å². The molecular formula is C20H20IN7. The van der Waals surface area contributed by atoms with Crippen molar-refractivity contribution in [3.8, 4) is 22.6 Å². The first-order valence-corrected chi connectivity index (χ1v) is 10.4. The van der Waals surface area contributed by atoms with Crippen LogP contribution in [0.4, 0.5) is 0 Å². The van der Waals surface area contributed by atoms with Crippen molar-refractivity contribution in [1.82, 2.24) is 32.7 Å². The predicted octanol–water partition coefficient (Wildman–Crippen LogP) is 4.05. The fourth-order valence-corrected chi connectivity index (χ4v) is 4.22. The Kier molecular flexibility index (Phi) is 4.59. The molecular weight excluding hydrogens is 465 g/mol. The lowest BCUT2D eigenvalue weighted by atomic mass is 10.1. The number of nitrogens with zero attached hydrogens (tertiary/aromatic N) is 6. The second kappa shape index (κ2) is 7.25. The highest BCUT2D eigenvalue weighted by Gasteiger charge is 2.24. The van der Waals surface area contributed by atoms with Crippen molar-refractivity contribution in [1.29, 1.82) is 0 Å². The maximum absolute atomic E-state index is 4.94. The lowest BCUT2D eigenvalue weighted by Crippen LogP contribution is -2.14. The third-order valence-electron chi connectivity index (χ3n) is 4.92. The molecule has 142 valence electrons. The van der Waals surface area contributed by atoms with E-state index < -0.39 is 0 Å². The van der Waals surface area contributed by atoms with Crippen molar-refractivity contribution in [2.75, 3.05) is 6.54 Å². The molecule has 5 rings (SSSR count). The topological polar surface area (TPSA) is 75.0 Å². The van der Waals surface area contributed by atoms with Crippen LogP contribution in [0.1, 0.15) is 24.4 Å². The van der Waals surface area contributed by atoms with Crippen molar-refractivity contribution in [2.24, 2.45) is 5.92 Å². The molecule has 0 aliphatic heterocycles. The summed E-state index contributed by atoms with van der Waals surface area (Å²) in [4.78, 5) is 17.4. The Bertz CT molecular complexity index is 1130. The largest absolute Gasteiger partial charge is 0.339 e. The fraction of sp³-hybridized carbons (Fsp3) is 0.300. The molecule has 4 aromatic rings. The van der Waals surface area contributed by atoms with Crippen LogP contribution < -0.4 is 0 Å². The van der Waals surface area contributed by atoms with E-state index in [0.29, 0.717) is 0 Å². The molecule has 0 atom stereocenters. The molecule has 7 nitrogen and oxygen atoms in total. The van der Waals surface area contributed by atoms with E-state index >= 15 is 0 Å². The Labute approximate surface area is 176 Å². The van der Waals surface area contributed by atoms with E-state index in [0.717, 1.165) is 58.8 Å². The summed E-state index contributed by atoms with van der Waals surface area (Å²) in [6, 6.07) is 10.1. The van der Waals surface area contributed by atoms with Gasteiger partial charge >= 0.3 is 0 Å². The number of aromatic nitrogens is 6. The second-order valence-electron chi connectivity index (χ2n) is 7.30. The second-order valence-corrected chi connectivity index (χ2v) is 8.66. The molecule has 1 aliphatic carbocycles. The molecule has 28 heavy (non-hydrogen) atoms. The number of aromatic amines is 1. The Hall–Kier alpha value is -2.33. The molecule has 0 aromatic carbocycles. The number of imidazole rings is 1. The predicted molar refractivity (Wildman–Crippen MR) is 116 cm³/mol. The maximum atomic E-state index is 4.94. The molecule has 4 heterocycles. The van der Waals surface area contributed by atoms with Gasteiger partial charge in [0, 0.05) is 46.9 Å². The van der Waals surface area contributed by atoms with Crippen molar-refractivity contribution >= 4 is 28.5 Å². The molecule has 0 amide bonds. The van der Waals surface area contributed by atoms with Gasteiger partial charge in [0.1, 0.15) is 12.2 Å². The molecule has 0 spiro atoms. The minimum absolute atomic E-state index is 0.779. The first-order valence-electron chi connectivity index (χ1n) is 9.39. The summed E-state index contributed by atoms with van der Waals surface area (Å²) in [5.41, 5.74) is 5.51. The molecule has 4 aromatic heterocycles. The maximum Gasteiger partial charge on any atom is 0.155 e. The van der Waals surface area contributed by atoms with Gasteiger partial charge in [0.2, 0.25) is 0 Å². The number of hydrogen-bond acceptors (Lipinski definition) is 5. The van der Waals surface area contributed by atoms with E-state index in [2.05, 4.69) is 41.0 Å². The van der Waals surface area contributed by atoms with Gasteiger partial charge in [0.25, 0.3) is 0 Å². The average molecular weight is 485 g/mol. The third-order valence-corrected chi connectivity index (χ3v) is 5.65. The zero-order valence-corrected chi connectivity index (χ0v) is 17.7. The first-order chi connectivity index (χ1) is 13.7. The van der Waals surface area contributed by atoms with Crippen molar-refractivity contribution in [2.45, 2.75) is 26.3 Å². The Balaban J connectivity index is 1.56. The number of pyridine rings is 2. The number of rotatable bonds is 6. The lowest BCUT2D eigenvalue weighted by molar-refractivity contribution is 0.469. The van der Waals surface area contributed by atoms with E-state index in [1.165, 1.54) is 12.8 Å². The van der Waals surface area contributed by atoms with E-state index in [-0.39, 0.29) is 0 Å². The molecule has 0 bridgehead atoms. The number of hydrogen-bond donors (Lipinski definition) is 1. The van der Waals surface area contributed by atoms with Crippen LogP contribution in [0.3, 0.4) is 0 Å². The molecule has 1 fully saturated rings. The summed E-state index contributed by atoms with van der Waals surface area (Å²) >= 11 is 2.40. The number of halogens is 1. The molecule has 1 aliphatic rings. The quantitative estimate of drug-likeness (QED) is 0.330. The SMILES string of the molecule is Cc1cccc(-c2[nH]c(CN(I)CC3CC3)nc2-c2ccc3ncnn3c2)n1. The van der Waals surface area contributed by atoms with Gasteiger partial charge in [-0.3, -0.25) is 4.98 Å². The minimum atomic E-state index is 0.779. The highest BCUT2D eigenvalue weighted by Crippen LogP contribution is 2.33. The zero-order valence-electron chi connectivity index (χ0n) is 15.5. The van der Waals surface area contributed by atoms with Crippen LogP contribution in [0, 0.1) is 12.8 Å². The van der Waals surface area contributed by atoms with Gasteiger partial charge < -0.3 is 4.98 Å². The van der Waals surface area contributed by atoms with Gasteiger partial charge in [-0.05, 0) is 49.9 Å². The molecule has 1 N–H and O–H groups in total. The summed E-state index contributed by atoms with van der Waals surface area (Å²) < 4.78 is 4.08. The Morgan fingerprint density at radius 2 is 2.11 bits per heavy atom. The summed E-state index contributed by atoms with van der Waals surface area (Å²) in [6.07, 6.45) is 6.22. The van der Waals surface area contributed by atoms with E-state index in [9.17, 15) is 0 Å². The summed E-state index contributed by atoms with van der Waals surface area (Å²) in [6.45, 7) is 3.89. The number of aryl methyl sites for hydroxylation is 1. The number of H-pyrrole nitrogens is 1. The van der Waals surface area contributed by atoms with Crippen LogP contribution in [0.5, 0.6) is 0 Å². The van der Waals surface area contributed by atoms with Crippen LogP contribution in [-0.4, -0.2) is 39.2 Å². The molecule has 1 saturated carbocycles. The summed E-state index contributed by atoms with van der Waals surface area (Å²) in [5, 5.41) is 4.26. The van der Waals surface area contributed by atoms with Crippen LogP contribution in [0.2, 0.25) is 0 Å². The molecule has 8 heteroatoms. The van der Waals surface area contributed by atoms with Crippen molar-refractivity contribution in [3.63, 3.8) is 0 Å². The molecule has 0 radical (unpaired) electrons. The van der Waals surface area contributed by atoms with Gasteiger partial charge in [0.15, 0.2) is 5.65 Å². The van der Waals surface area contributed by atoms with Crippen LogP contribution in [0.25, 0.3) is 28.3 Å². The van der Waals surface area contributed by atoms with E-state index in [1.54, 1.807) is 10.8 Å². The van der Waals surface area contributed by atoms with Crippen LogP contribution in [-0.2, 0) is 6.54 Å². The minimum Gasteiger partial charge on any atom is -0.339 e. The van der Waals surface area contributed by atoms with E-state index in [4.69, 9.17) is 9.97 Å². The summed E-state index contributed by atoms with van der Waals surface area (Å²) in [5.74, 6) is 1.79. The zero-order chi connectivity index (χ0) is 19.1. The first kappa shape index (κ1) is 17.7. The van der Waals surface area contributed by atoms with Gasteiger partial charge in [-0.15, -0.1) is 0 Å². The van der Waals surface area contributed by atoms with Gasteiger partial charge in [-0.25, -0.2) is 17.6 Å². The highest BCUT2D eigenvalue weighted by atomic mass is 127. The Morgan fingerprint density at radius 1 is 1.21 bits per heavy atom. The number of fused-ring (bicyclic) bond motifs is 1. The normalized spacial score (nSPS) is 14.2. The van der Waals surface area contributed by atoms with E-state index in [1.807, 2.05) is 43.5 Å². The van der Waals surface area contributed by atoms with Gasteiger partial charge in [0.05, 0.1) is 23.6 Å². The molecule has 0 unspecified atom stereocenters. The van der Waals surface area contributed by atoms with Gasteiger partial charge in [-0.1, -0.05) is 6.07 Å². The Morgan fingerprint density at radius 3 is 2.93 bits per heavy atom. The third kappa shape index (κ3) is 3.66. The molecule has 0 saturated heterocycles. The standard InChI is InChI=1S/C20H20IN7/c1-13-3-2-4-16(24-13)20-19(15-7-8-18-22-12-23-28(18)10-15)25-17(26-20)11-27(21)9-14-5-6-14/h2-4,7-8,10,12,14H,5-6,9,11H2,1H3,(H,25,26). The lowest BCUT2D eigenvalue weighted by Gasteiger charge is -2.11. The smallest absolute Gasteiger partial charge is 0.155 e. The highest BCUT2D eigenvalue weighted by molar-refractivity contribution is 14.1.